The van der Waals surface area contributed by atoms with Crippen LogP contribution in [0, 0.1) is 0 Å². The summed E-state index contributed by atoms with van der Waals surface area (Å²) < 4.78 is 13.5. The monoisotopic (exact) mass is 756 g/mol. The summed E-state index contributed by atoms with van der Waals surface area (Å²) in [6.45, 7) is 0. The topological polar surface area (TPSA) is 154 Å². The second-order valence-electron chi connectivity index (χ2n) is 12.1. The molecule has 2 N–H and O–H groups in total. The van der Waals surface area contributed by atoms with Crippen LogP contribution >= 0.6 is 23.2 Å². The summed E-state index contributed by atoms with van der Waals surface area (Å²) in [4.78, 5) is 31.2. The van der Waals surface area contributed by atoms with Crippen molar-refractivity contribution in [2.45, 2.75) is 11.2 Å². The highest BCUT2D eigenvalue weighted by Gasteiger charge is 2.69. The zero-order valence-corrected chi connectivity index (χ0v) is 29.3. The molecule has 0 aliphatic rings. The van der Waals surface area contributed by atoms with Gasteiger partial charge in [0.05, 0.1) is 0 Å². The van der Waals surface area contributed by atoms with Crippen LogP contribution in [0.4, 0.5) is 0 Å². The van der Waals surface area contributed by atoms with E-state index < -0.39 is 23.1 Å². The molecule has 0 saturated heterocycles. The number of carboxylic acids is 2. The smallest absolute Gasteiger partial charge is 0.358 e. The molecule has 0 aliphatic carbocycles. The Bertz CT molecular complexity index is 2440. The van der Waals surface area contributed by atoms with E-state index in [0.717, 1.165) is 0 Å². The lowest BCUT2D eigenvalue weighted by atomic mass is 9.72. The molecule has 0 radical (unpaired) electrons. The number of hydrogen-bond donors (Lipinski definition) is 2. The van der Waals surface area contributed by atoms with Crippen LogP contribution in [0.3, 0.4) is 0 Å². The SMILES string of the molecule is O=C(O)C(Oc1ccc(Cl)cc1-n1nc2ccccc2n1)(c1ccccc1)C(Oc1ccc(Cl)cc1-n1nc2ccccc2n1)(C(=O)O)c1ccccc1. The molecule has 0 amide bonds. The molecule has 0 bridgehead atoms. The molecule has 6 aromatic carbocycles. The third-order valence-corrected chi connectivity index (χ3v) is 9.30. The largest absolute Gasteiger partial charge is 0.478 e. The van der Waals surface area contributed by atoms with Gasteiger partial charge >= 0.3 is 11.9 Å². The summed E-state index contributed by atoms with van der Waals surface area (Å²) in [5, 5.41) is 42.1. The number of rotatable bonds is 11. The Labute approximate surface area is 316 Å². The molecule has 266 valence electrons. The Balaban J connectivity index is 1.42. The third kappa shape index (κ3) is 5.74. The zero-order chi connectivity index (χ0) is 37.5. The fraction of sp³-hybridized carbons (Fsp3) is 0.0500. The first-order valence-corrected chi connectivity index (χ1v) is 17.1. The van der Waals surface area contributed by atoms with Crippen LogP contribution in [0.2, 0.25) is 10.0 Å². The highest BCUT2D eigenvalue weighted by molar-refractivity contribution is 6.31. The molecular formula is C40H26Cl2N6O6. The summed E-state index contributed by atoms with van der Waals surface area (Å²) in [7, 11) is 0. The van der Waals surface area contributed by atoms with Crippen molar-refractivity contribution >= 4 is 57.2 Å². The minimum atomic E-state index is -2.89. The number of nitrogens with zero attached hydrogens (tertiary/aromatic N) is 6. The van der Waals surface area contributed by atoms with Gasteiger partial charge in [-0.15, -0.1) is 30.0 Å². The summed E-state index contributed by atoms with van der Waals surface area (Å²) in [5.74, 6) is -3.63. The molecule has 0 saturated carbocycles. The van der Waals surface area contributed by atoms with E-state index in [1.807, 2.05) is 0 Å². The van der Waals surface area contributed by atoms with Gasteiger partial charge in [-0.3, -0.25) is 0 Å². The molecule has 54 heavy (non-hydrogen) atoms. The number of ether oxygens (including phenoxy) is 2. The number of aromatic nitrogens is 6. The maximum atomic E-state index is 14.3. The maximum Gasteiger partial charge on any atom is 0.358 e. The molecule has 0 fully saturated rings. The van der Waals surface area contributed by atoms with Crippen LogP contribution in [-0.2, 0) is 20.8 Å². The lowest BCUT2D eigenvalue weighted by Crippen LogP contribution is -2.65. The van der Waals surface area contributed by atoms with Crippen molar-refractivity contribution in [3.05, 3.63) is 167 Å². The molecule has 8 aromatic rings. The van der Waals surface area contributed by atoms with Gasteiger partial charge < -0.3 is 19.7 Å². The number of fused-ring (bicyclic) bond motifs is 2. The summed E-state index contributed by atoms with van der Waals surface area (Å²) in [5.41, 5.74) is -3.50. The second kappa shape index (κ2) is 13.7. The van der Waals surface area contributed by atoms with Crippen LogP contribution in [-0.4, -0.2) is 52.1 Å². The summed E-state index contributed by atoms with van der Waals surface area (Å²) in [6.07, 6.45) is 0. The van der Waals surface area contributed by atoms with Gasteiger partial charge in [0.25, 0.3) is 11.2 Å². The average molecular weight is 758 g/mol. The maximum absolute atomic E-state index is 14.3. The van der Waals surface area contributed by atoms with Crippen molar-refractivity contribution < 1.29 is 29.3 Å². The van der Waals surface area contributed by atoms with E-state index in [2.05, 4.69) is 20.4 Å². The van der Waals surface area contributed by atoms with Crippen molar-refractivity contribution in [2.75, 3.05) is 0 Å². The van der Waals surface area contributed by atoms with Gasteiger partial charge in [-0.05, 0) is 60.7 Å². The van der Waals surface area contributed by atoms with Gasteiger partial charge in [0.1, 0.15) is 44.9 Å². The molecule has 8 rings (SSSR count). The Kier molecular flexibility index (Phi) is 8.68. The highest BCUT2D eigenvalue weighted by atomic mass is 35.5. The number of benzene rings is 6. The molecule has 2 unspecified atom stereocenters. The lowest BCUT2D eigenvalue weighted by Gasteiger charge is -2.45. The Morgan fingerprint density at radius 2 is 0.796 bits per heavy atom. The number of carboxylic acid groups (broad SMARTS) is 2. The van der Waals surface area contributed by atoms with Crippen LogP contribution in [0.1, 0.15) is 11.1 Å². The van der Waals surface area contributed by atoms with E-state index in [0.29, 0.717) is 22.1 Å². The van der Waals surface area contributed by atoms with Crippen molar-refractivity contribution in [1.82, 2.24) is 30.0 Å². The van der Waals surface area contributed by atoms with E-state index in [1.54, 1.807) is 84.9 Å². The van der Waals surface area contributed by atoms with E-state index >= 15 is 0 Å². The Morgan fingerprint density at radius 1 is 0.481 bits per heavy atom. The molecule has 2 heterocycles. The van der Waals surface area contributed by atoms with Crippen LogP contribution in [0.15, 0.2) is 146 Å². The van der Waals surface area contributed by atoms with Gasteiger partial charge in [-0.25, -0.2) is 9.59 Å². The molecule has 12 nitrogen and oxygen atoms in total. The number of halogens is 2. The molecule has 0 spiro atoms. The van der Waals surface area contributed by atoms with Crippen LogP contribution < -0.4 is 9.47 Å². The first kappa shape index (κ1) is 34.3. The summed E-state index contributed by atoms with van der Waals surface area (Å²) >= 11 is 13.0. The van der Waals surface area contributed by atoms with Gasteiger partial charge in [0.15, 0.2) is 0 Å². The van der Waals surface area contributed by atoms with Gasteiger partial charge in [0, 0.05) is 21.2 Å². The van der Waals surface area contributed by atoms with E-state index in [9.17, 15) is 19.8 Å². The zero-order valence-electron chi connectivity index (χ0n) is 27.8. The third-order valence-electron chi connectivity index (χ3n) is 8.83. The van der Waals surface area contributed by atoms with Crippen molar-refractivity contribution in [3.8, 4) is 22.9 Å². The van der Waals surface area contributed by atoms with Crippen molar-refractivity contribution in [1.29, 1.82) is 0 Å². The van der Waals surface area contributed by atoms with E-state index in [1.165, 1.54) is 70.3 Å². The standard InChI is InChI=1S/C40H26Cl2N6O6/c41-27-19-21-35(33(23-27)47-43-29-15-7-8-16-30(29)44-47)53-39(37(49)50,25-11-3-1-4-12-25)40(38(51)52,26-13-5-2-6-14-26)54-36-22-20-28(42)24-34(36)48-45-31-17-9-10-18-32(31)46-48/h1-24H,(H,49,50)(H,51,52). The van der Waals surface area contributed by atoms with E-state index in [-0.39, 0.29) is 44.0 Å². The minimum Gasteiger partial charge on any atom is -0.478 e. The Morgan fingerprint density at radius 3 is 1.11 bits per heavy atom. The molecular weight excluding hydrogens is 731 g/mol. The minimum absolute atomic E-state index is 0.0679. The predicted octanol–water partition coefficient (Wildman–Crippen LogP) is 7.88. The lowest BCUT2D eigenvalue weighted by molar-refractivity contribution is -0.201. The summed E-state index contributed by atoms with van der Waals surface area (Å²) in [6, 6.07) is 38.5. The van der Waals surface area contributed by atoms with Crippen LogP contribution in [0.5, 0.6) is 11.5 Å². The fourth-order valence-corrected chi connectivity index (χ4v) is 6.71. The molecule has 14 heteroatoms. The number of carbonyl (C=O) groups is 2. The molecule has 2 atom stereocenters. The van der Waals surface area contributed by atoms with Crippen molar-refractivity contribution in [3.63, 3.8) is 0 Å². The van der Waals surface area contributed by atoms with Crippen molar-refractivity contribution in [2.24, 2.45) is 0 Å². The first-order chi connectivity index (χ1) is 26.2. The number of aliphatic carboxylic acids is 2. The van der Waals surface area contributed by atoms with Gasteiger partial charge in [-0.2, -0.15) is 0 Å². The average Bonchev–Trinajstić information content (AvgIpc) is 3.82. The van der Waals surface area contributed by atoms with Gasteiger partial charge in [-0.1, -0.05) is 108 Å². The predicted molar refractivity (Wildman–Crippen MR) is 201 cm³/mol. The molecule has 0 aliphatic heterocycles. The highest BCUT2D eigenvalue weighted by Crippen LogP contribution is 2.50. The Hall–Kier alpha value is -6.76. The fourth-order valence-electron chi connectivity index (χ4n) is 6.38. The quantitative estimate of drug-likeness (QED) is 0.133. The van der Waals surface area contributed by atoms with Crippen LogP contribution in [0.25, 0.3) is 33.4 Å². The normalized spacial score (nSPS) is 13.6. The molecule has 2 aromatic heterocycles. The van der Waals surface area contributed by atoms with E-state index in [4.69, 9.17) is 32.7 Å². The van der Waals surface area contributed by atoms with Gasteiger partial charge in [0.2, 0.25) is 0 Å². The first-order valence-electron chi connectivity index (χ1n) is 16.4. The second-order valence-corrected chi connectivity index (χ2v) is 13.0. The number of hydrogen-bond acceptors (Lipinski definition) is 8.